The van der Waals surface area contributed by atoms with E-state index in [0.717, 1.165) is 6.08 Å². The SMILES string of the molecule is CC1=CC(=O)CC(C)(C)C1(O)/C=C/C(C)=C/C(=O)OC1OC(CO)C(O)C(O)C1O. The molecule has 9 heteroatoms. The molecular weight excluding hydrogens is 396 g/mol. The molecule has 1 aliphatic carbocycles. The van der Waals surface area contributed by atoms with E-state index in [2.05, 4.69) is 0 Å². The normalized spacial score (nSPS) is 37.2. The molecule has 1 fully saturated rings. The first-order valence-electron chi connectivity index (χ1n) is 9.65. The molecule has 2 aliphatic rings. The standard InChI is InChI=1S/C21H30O9/c1-11(5-6-21(28)12(2)8-13(23)9-20(21,3)4)7-15(24)30-19-18(27)17(26)16(25)14(10-22)29-19/h5-8,14,16-19,22,25-28H,9-10H2,1-4H3/b6-5+,11-7+. The van der Waals surface area contributed by atoms with Gasteiger partial charge in [0.1, 0.15) is 30.0 Å². The monoisotopic (exact) mass is 426 g/mol. The molecule has 9 nitrogen and oxygen atoms in total. The molecule has 0 bridgehead atoms. The number of rotatable bonds is 5. The van der Waals surface area contributed by atoms with Gasteiger partial charge in [-0.2, -0.15) is 0 Å². The Hall–Kier alpha value is -1.88. The van der Waals surface area contributed by atoms with Gasteiger partial charge in [-0.3, -0.25) is 4.79 Å². The van der Waals surface area contributed by atoms with Crippen LogP contribution in [-0.2, 0) is 19.1 Å². The van der Waals surface area contributed by atoms with E-state index >= 15 is 0 Å². The minimum Gasteiger partial charge on any atom is -0.430 e. The molecule has 0 saturated carbocycles. The van der Waals surface area contributed by atoms with Gasteiger partial charge >= 0.3 is 5.97 Å². The van der Waals surface area contributed by atoms with E-state index in [1.165, 1.54) is 18.2 Å². The molecule has 0 amide bonds. The number of ether oxygens (including phenoxy) is 2. The lowest BCUT2D eigenvalue weighted by atomic mass is 9.64. The van der Waals surface area contributed by atoms with Crippen molar-refractivity contribution in [2.75, 3.05) is 6.61 Å². The van der Waals surface area contributed by atoms with Gasteiger partial charge < -0.3 is 35.0 Å². The van der Waals surface area contributed by atoms with Crippen LogP contribution < -0.4 is 0 Å². The first-order valence-corrected chi connectivity index (χ1v) is 9.65. The third kappa shape index (κ3) is 4.88. The molecule has 6 atom stereocenters. The van der Waals surface area contributed by atoms with Crippen LogP contribution in [0.1, 0.15) is 34.1 Å². The van der Waals surface area contributed by atoms with Crippen LogP contribution in [0, 0.1) is 5.41 Å². The average Bonchev–Trinajstić information content (AvgIpc) is 2.64. The number of hydrogen-bond acceptors (Lipinski definition) is 9. The Morgan fingerprint density at radius 2 is 1.90 bits per heavy atom. The lowest BCUT2D eigenvalue weighted by Crippen LogP contribution is -2.59. The number of ketones is 1. The Morgan fingerprint density at radius 3 is 2.47 bits per heavy atom. The molecule has 30 heavy (non-hydrogen) atoms. The number of aliphatic hydroxyl groups excluding tert-OH is 4. The van der Waals surface area contributed by atoms with Crippen LogP contribution in [0.25, 0.3) is 0 Å². The number of hydrogen-bond donors (Lipinski definition) is 5. The first-order chi connectivity index (χ1) is 13.8. The third-order valence-corrected chi connectivity index (χ3v) is 5.64. The van der Waals surface area contributed by atoms with Gasteiger partial charge in [0, 0.05) is 17.9 Å². The van der Waals surface area contributed by atoms with Crippen molar-refractivity contribution in [2.24, 2.45) is 5.41 Å². The van der Waals surface area contributed by atoms with Crippen LogP contribution in [0.2, 0.25) is 0 Å². The Labute approximate surface area is 174 Å². The van der Waals surface area contributed by atoms with Crippen molar-refractivity contribution >= 4 is 11.8 Å². The van der Waals surface area contributed by atoms with E-state index in [4.69, 9.17) is 9.47 Å². The Kier molecular flexibility index (Phi) is 7.39. The zero-order chi connectivity index (χ0) is 22.9. The average molecular weight is 426 g/mol. The zero-order valence-electron chi connectivity index (χ0n) is 17.5. The summed E-state index contributed by atoms with van der Waals surface area (Å²) in [6, 6.07) is 0. The molecule has 0 aromatic heterocycles. The van der Waals surface area contributed by atoms with E-state index in [1.54, 1.807) is 27.7 Å². The minimum absolute atomic E-state index is 0.0639. The van der Waals surface area contributed by atoms with Gasteiger partial charge in [0.15, 0.2) is 5.78 Å². The fourth-order valence-electron chi connectivity index (χ4n) is 3.66. The summed E-state index contributed by atoms with van der Waals surface area (Å²) < 4.78 is 10.1. The fourth-order valence-corrected chi connectivity index (χ4v) is 3.66. The Balaban J connectivity index is 2.11. The molecule has 0 spiro atoms. The molecule has 2 rings (SSSR count). The molecule has 1 heterocycles. The van der Waals surface area contributed by atoms with Gasteiger partial charge in [-0.15, -0.1) is 0 Å². The van der Waals surface area contributed by atoms with Gasteiger partial charge in [-0.25, -0.2) is 4.79 Å². The maximum atomic E-state index is 12.2. The van der Waals surface area contributed by atoms with Crippen LogP contribution in [0.15, 0.2) is 35.5 Å². The van der Waals surface area contributed by atoms with Gasteiger partial charge in [0.05, 0.1) is 6.61 Å². The molecule has 1 saturated heterocycles. The molecular formula is C21H30O9. The molecule has 1 aliphatic heterocycles. The van der Waals surface area contributed by atoms with Gasteiger partial charge in [0.2, 0.25) is 6.29 Å². The van der Waals surface area contributed by atoms with Crippen LogP contribution in [0.3, 0.4) is 0 Å². The van der Waals surface area contributed by atoms with Crippen molar-refractivity contribution in [3.8, 4) is 0 Å². The predicted octanol–water partition coefficient (Wildman–Crippen LogP) is -0.492. The highest BCUT2D eigenvalue weighted by Gasteiger charge is 2.47. The molecule has 0 aromatic rings. The van der Waals surface area contributed by atoms with Crippen molar-refractivity contribution < 1.29 is 44.6 Å². The van der Waals surface area contributed by atoms with Crippen LogP contribution in [-0.4, -0.2) is 80.2 Å². The van der Waals surface area contributed by atoms with Gasteiger partial charge in [-0.1, -0.05) is 19.9 Å². The number of aliphatic hydroxyl groups is 5. The van der Waals surface area contributed by atoms with E-state index in [-0.39, 0.29) is 12.2 Å². The lowest BCUT2D eigenvalue weighted by Gasteiger charge is -2.44. The second-order valence-electron chi connectivity index (χ2n) is 8.48. The third-order valence-electron chi connectivity index (χ3n) is 5.64. The number of esters is 1. The summed E-state index contributed by atoms with van der Waals surface area (Å²) in [6.45, 7) is 6.17. The van der Waals surface area contributed by atoms with Crippen molar-refractivity contribution in [1.29, 1.82) is 0 Å². The summed E-state index contributed by atoms with van der Waals surface area (Å²) in [5, 5.41) is 49.7. The molecule has 0 radical (unpaired) electrons. The molecule has 5 N–H and O–H groups in total. The van der Waals surface area contributed by atoms with E-state index in [1.807, 2.05) is 0 Å². The fraction of sp³-hybridized carbons (Fsp3) is 0.619. The Bertz CT molecular complexity index is 764. The van der Waals surface area contributed by atoms with E-state index in [0.29, 0.717) is 11.1 Å². The van der Waals surface area contributed by atoms with Crippen molar-refractivity contribution in [3.63, 3.8) is 0 Å². The Morgan fingerprint density at radius 1 is 1.27 bits per heavy atom. The second kappa shape index (κ2) is 9.09. The smallest absolute Gasteiger partial charge is 0.333 e. The maximum Gasteiger partial charge on any atom is 0.333 e. The first kappa shape index (κ1) is 24.4. The summed E-state index contributed by atoms with van der Waals surface area (Å²) in [6.07, 6.45) is -1.95. The van der Waals surface area contributed by atoms with Crippen molar-refractivity contribution in [3.05, 3.63) is 35.5 Å². The summed E-state index contributed by atoms with van der Waals surface area (Å²) in [5.41, 5.74) is -1.21. The second-order valence-corrected chi connectivity index (χ2v) is 8.48. The van der Waals surface area contributed by atoms with Crippen LogP contribution in [0.5, 0.6) is 0 Å². The highest BCUT2D eigenvalue weighted by molar-refractivity contribution is 5.92. The van der Waals surface area contributed by atoms with Crippen molar-refractivity contribution in [2.45, 2.75) is 70.4 Å². The molecule has 0 aromatic carbocycles. The summed E-state index contributed by atoms with van der Waals surface area (Å²) in [4.78, 5) is 24.0. The van der Waals surface area contributed by atoms with Gasteiger partial charge in [0.25, 0.3) is 0 Å². The largest absolute Gasteiger partial charge is 0.430 e. The van der Waals surface area contributed by atoms with Crippen LogP contribution >= 0.6 is 0 Å². The van der Waals surface area contributed by atoms with Crippen LogP contribution in [0.4, 0.5) is 0 Å². The predicted molar refractivity (Wildman–Crippen MR) is 105 cm³/mol. The highest BCUT2D eigenvalue weighted by atomic mass is 16.7. The van der Waals surface area contributed by atoms with Gasteiger partial charge in [-0.05, 0) is 37.1 Å². The highest BCUT2D eigenvalue weighted by Crippen LogP contribution is 2.44. The van der Waals surface area contributed by atoms with E-state index in [9.17, 15) is 35.1 Å². The maximum absolute atomic E-state index is 12.2. The van der Waals surface area contributed by atoms with E-state index < -0.39 is 54.3 Å². The zero-order valence-corrected chi connectivity index (χ0v) is 17.5. The minimum atomic E-state index is -1.69. The summed E-state index contributed by atoms with van der Waals surface area (Å²) in [7, 11) is 0. The summed E-state index contributed by atoms with van der Waals surface area (Å²) in [5.74, 6) is -0.954. The number of allylic oxidation sites excluding steroid dienone is 3. The topological polar surface area (TPSA) is 154 Å². The lowest BCUT2D eigenvalue weighted by molar-refractivity contribution is -0.291. The molecule has 168 valence electrons. The summed E-state index contributed by atoms with van der Waals surface area (Å²) >= 11 is 0. The number of carbonyl (C=O) groups is 2. The quantitative estimate of drug-likeness (QED) is 0.222. The number of carbonyl (C=O) groups excluding carboxylic acids is 2. The molecule has 6 unspecified atom stereocenters. The van der Waals surface area contributed by atoms with Crippen molar-refractivity contribution in [1.82, 2.24) is 0 Å².